The minimum atomic E-state index is 0.999. The Morgan fingerprint density at radius 3 is 2.55 bits per heavy atom. The Kier molecular flexibility index (Phi) is 3.31. The SMILES string of the molecule is CCc1cc(-c2cc3ccccc3n2C)cnc1CC. The number of para-hydroxylation sites is 1. The van der Waals surface area contributed by atoms with Gasteiger partial charge in [-0.3, -0.25) is 4.98 Å². The molecule has 3 rings (SSSR count). The van der Waals surface area contributed by atoms with E-state index in [9.17, 15) is 0 Å². The molecule has 2 aromatic heterocycles. The third kappa shape index (κ3) is 2.01. The highest BCUT2D eigenvalue weighted by Gasteiger charge is 2.10. The first-order valence-corrected chi connectivity index (χ1v) is 7.27. The van der Waals surface area contributed by atoms with Gasteiger partial charge < -0.3 is 4.57 Å². The molecule has 0 spiro atoms. The van der Waals surface area contributed by atoms with E-state index in [1.807, 2.05) is 6.20 Å². The van der Waals surface area contributed by atoms with Crippen LogP contribution in [-0.2, 0) is 19.9 Å². The number of hydrogen-bond donors (Lipinski definition) is 0. The molecular weight excluding hydrogens is 244 g/mol. The molecule has 0 radical (unpaired) electrons. The lowest BCUT2D eigenvalue weighted by atomic mass is 10.1. The molecule has 0 N–H and O–H groups in total. The lowest BCUT2D eigenvalue weighted by Crippen LogP contribution is -1.98. The number of rotatable bonds is 3. The highest BCUT2D eigenvalue weighted by molar-refractivity contribution is 5.86. The maximum atomic E-state index is 4.64. The van der Waals surface area contributed by atoms with Crippen molar-refractivity contribution in [2.24, 2.45) is 7.05 Å². The molecule has 1 aromatic carbocycles. The molecule has 2 nitrogen and oxygen atoms in total. The van der Waals surface area contributed by atoms with E-state index >= 15 is 0 Å². The number of benzene rings is 1. The largest absolute Gasteiger partial charge is 0.344 e. The van der Waals surface area contributed by atoms with Crippen molar-refractivity contribution in [2.45, 2.75) is 26.7 Å². The van der Waals surface area contributed by atoms with Gasteiger partial charge in [0.25, 0.3) is 0 Å². The summed E-state index contributed by atoms with van der Waals surface area (Å²) in [6, 6.07) is 13.0. The molecule has 0 atom stereocenters. The van der Waals surface area contributed by atoms with Gasteiger partial charge >= 0.3 is 0 Å². The van der Waals surface area contributed by atoms with Crippen molar-refractivity contribution in [1.29, 1.82) is 0 Å². The number of pyridine rings is 1. The van der Waals surface area contributed by atoms with Crippen molar-refractivity contribution in [3.05, 3.63) is 53.9 Å². The first-order chi connectivity index (χ1) is 9.74. The van der Waals surface area contributed by atoms with Crippen molar-refractivity contribution in [3.8, 4) is 11.3 Å². The van der Waals surface area contributed by atoms with Gasteiger partial charge in [0.05, 0.1) is 5.69 Å². The number of fused-ring (bicyclic) bond motifs is 1. The summed E-state index contributed by atoms with van der Waals surface area (Å²) in [4.78, 5) is 4.64. The monoisotopic (exact) mass is 264 g/mol. The Balaban J connectivity index is 2.18. The summed E-state index contributed by atoms with van der Waals surface area (Å²) in [5, 5.41) is 1.28. The molecule has 0 amide bonds. The zero-order valence-corrected chi connectivity index (χ0v) is 12.4. The van der Waals surface area contributed by atoms with Crippen LogP contribution >= 0.6 is 0 Å². The Morgan fingerprint density at radius 2 is 1.85 bits per heavy atom. The van der Waals surface area contributed by atoms with Gasteiger partial charge in [0, 0.05) is 35.4 Å². The van der Waals surface area contributed by atoms with E-state index in [1.165, 1.54) is 33.4 Å². The molecule has 0 aliphatic carbocycles. The van der Waals surface area contributed by atoms with Gasteiger partial charge in [-0.25, -0.2) is 0 Å². The van der Waals surface area contributed by atoms with Gasteiger partial charge in [-0.05, 0) is 36.6 Å². The molecule has 0 aliphatic heterocycles. The molecule has 102 valence electrons. The van der Waals surface area contributed by atoms with Crippen molar-refractivity contribution in [2.75, 3.05) is 0 Å². The van der Waals surface area contributed by atoms with Gasteiger partial charge in [-0.2, -0.15) is 0 Å². The highest BCUT2D eigenvalue weighted by Crippen LogP contribution is 2.28. The molecule has 2 heteroatoms. The average Bonchev–Trinajstić information content (AvgIpc) is 2.84. The van der Waals surface area contributed by atoms with Crippen LogP contribution in [0.2, 0.25) is 0 Å². The van der Waals surface area contributed by atoms with Gasteiger partial charge in [0.15, 0.2) is 0 Å². The van der Waals surface area contributed by atoms with Crippen LogP contribution in [-0.4, -0.2) is 9.55 Å². The van der Waals surface area contributed by atoms with E-state index in [2.05, 4.69) is 66.8 Å². The zero-order chi connectivity index (χ0) is 14.1. The van der Waals surface area contributed by atoms with E-state index in [0.717, 1.165) is 12.8 Å². The fourth-order valence-corrected chi connectivity index (χ4v) is 2.87. The maximum absolute atomic E-state index is 4.64. The fraction of sp³-hybridized carbons (Fsp3) is 0.278. The van der Waals surface area contributed by atoms with Gasteiger partial charge in [0.2, 0.25) is 0 Å². The molecule has 0 aliphatic rings. The summed E-state index contributed by atoms with van der Waals surface area (Å²) in [6.45, 7) is 4.36. The third-order valence-corrected chi connectivity index (χ3v) is 4.02. The number of aromatic nitrogens is 2. The molecule has 20 heavy (non-hydrogen) atoms. The van der Waals surface area contributed by atoms with Crippen molar-refractivity contribution in [3.63, 3.8) is 0 Å². The first kappa shape index (κ1) is 12.9. The number of nitrogens with zero attached hydrogens (tertiary/aromatic N) is 2. The molecule has 0 unspecified atom stereocenters. The van der Waals surface area contributed by atoms with Gasteiger partial charge in [-0.1, -0.05) is 32.0 Å². The van der Waals surface area contributed by atoms with Crippen LogP contribution in [0.25, 0.3) is 22.2 Å². The standard InChI is InChI=1S/C18H20N2/c1-4-13-10-15(12-19-16(13)5-2)18-11-14-8-6-7-9-17(14)20(18)3/h6-12H,4-5H2,1-3H3. The second kappa shape index (κ2) is 5.12. The summed E-state index contributed by atoms with van der Waals surface area (Å²) in [6.07, 6.45) is 4.04. The van der Waals surface area contributed by atoms with E-state index in [4.69, 9.17) is 0 Å². The van der Waals surface area contributed by atoms with E-state index < -0.39 is 0 Å². The molecule has 0 bridgehead atoms. The van der Waals surface area contributed by atoms with Crippen LogP contribution in [0.5, 0.6) is 0 Å². The Labute approximate surface area is 120 Å². The summed E-state index contributed by atoms with van der Waals surface area (Å²) >= 11 is 0. The van der Waals surface area contributed by atoms with Crippen LogP contribution < -0.4 is 0 Å². The molecule has 3 aromatic rings. The topological polar surface area (TPSA) is 17.8 Å². The molecule has 0 fully saturated rings. The van der Waals surface area contributed by atoms with Crippen molar-refractivity contribution < 1.29 is 0 Å². The smallest absolute Gasteiger partial charge is 0.0504 e. The van der Waals surface area contributed by atoms with Gasteiger partial charge in [-0.15, -0.1) is 0 Å². The first-order valence-electron chi connectivity index (χ1n) is 7.27. The highest BCUT2D eigenvalue weighted by atomic mass is 14.9. The Morgan fingerprint density at radius 1 is 1.05 bits per heavy atom. The molecule has 0 saturated heterocycles. The predicted molar refractivity (Wildman–Crippen MR) is 84.9 cm³/mol. The van der Waals surface area contributed by atoms with Crippen molar-refractivity contribution >= 4 is 10.9 Å². The van der Waals surface area contributed by atoms with Crippen LogP contribution in [0, 0.1) is 0 Å². The third-order valence-electron chi connectivity index (χ3n) is 4.02. The second-order valence-corrected chi connectivity index (χ2v) is 5.18. The summed E-state index contributed by atoms with van der Waals surface area (Å²) < 4.78 is 2.25. The molecular formula is C18H20N2. The van der Waals surface area contributed by atoms with Gasteiger partial charge in [0.1, 0.15) is 0 Å². The number of aryl methyl sites for hydroxylation is 3. The summed E-state index contributed by atoms with van der Waals surface area (Å²) in [7, 11) is 2.12. The summed E-state index contributed by atoms with van der Waals surface area (Å²) in [5.41, 5.74) is 6.28. The van der Waals surface area contributed by atoms with Crippen molar-refractivity contribution in [1.82, 2.24) is 9.55 Å². The lowest BCUT2D eigenvalue weighted by molar-refractivity contribution is 0.949. The minimum absolute atomic E-state index is 0.999. The van der Waals surface area contributed by atoms with E-state index in [-0.39, 0.29) is 0 Å². The van der Waals surface area contributed by atoms with E-state index in [1.54, 1.807) is 0 Å². The quantitative estimate of drug-likeness (QED) is 0.687. The average molecular weight is 264 g/mol. The summed E-state index contributed by atoms with van der Waals surface area (Å²) in [5.74, 6) is 0. The lowest BCUT2D eigenvalue weighted by Gasteiger charge is -2.09. The molecule has 0 saturated carbocycles. The van der Waals surface area contributed by atoms with Crippen LogP contribution in [0.3, 0.4) is 0 Å². The zero-order valence-electron chi connectivity index (χ0n) is 12.4. The molecule has 2 heterocycles. The van der Waals surface area contributed by atoms with Crippen LogP contribution in [0.1, 0.15) is 25.1 Å². The minimum Gasteiger partial charge on any atom is -0.344 e. The van der Waals surface area contributed by atoms with Crippen LogP contribution in [0.15, 0.2) is 42.6 Å². The van der Waals surface area contributed by atoms with E-state index in [0.29, 0.717) is 0 Å². The Bertz CT molecular complexity index is 753. The second-order valence-electron chi connectivity index (χ2n) is 5.18. The fourth-order valence-electron chi connectivity index (χ4n) is 2.87. The Hall–Kier alpha value is -2.09. The van der Waals surface area contributed by atoms with Crippen LogP contribution in [0.4, 0.5) is 0 Å². The predicted octanol–water partition coefficient (Wildman–Crippen LogP) is 4.37. The normalized spacial score (nSPS) is 11.2. The maximum Gasteiger partial charge on any atom is 0.0504 e. The number of hydrogen-bond acceptors (Lipinski definition) is 1.